The number of para-hydroxylation sites is 2. The molecular weight excluding hydrogens is 428 g/mol. The summed E-state index contributed by atoms with van der Waals surface area (Å²) in [5.41, 5.74) is 4.11. The van der Waals surface area contributed by atoms with Crippen molar-refractivity contribution in [3.8, 4) is 5.75 Å². The smallest absolute Gasteiger partial charge is 0.166 e. The number of H-pyrrole nitrogens is 1. The number of nitrogens with one attached hydrogen (secondary N) is 1. The number of rotatable bonds is 7. The van der Waals surface area contributed by atoms with Gasteiger partial charge in [-0.15, -0.1) is 0 Å². The SMILES string of the molecule is COc1ccc(/C=C/C(=O)C23CC4CC(CC(C4)C2)C3)cc1CSc1nc2ccccc2[nH]1. The second-order valence-corrected chi connectivity index (χ2v) is 11.3. The molecule has 0 amide bonds. The fraction of sp³-hybridized carbons (Fsp3) is 0.429. The van der Waals surface area contributed by atoms with Crippen molar-refractivity contribution < 1.29 is 9.53 Å². The minimum Gasteiger partial charge on any atom is -0.496 e. The monoisotopic (exact) mass is 458 g/mol. The minimum absolute atomic E-state index is 0.0717. The summed E-state index contributed by atoms with van der Waals surface area (Å²) >= 11 is 1.66. The Balaban J connectivity index is 1.18. The molecule has 4 saturated carbocycles. The topological polar surface area (TPSA) is 55.0 Å². The predicted octanol–water partition coefficient (Wildman–Crippen LogP) is 6.66. The largest absolute Gasteiger partial charge is 0.496 e. The van der Waals surface area contributed by atoms with Gasteiger partial charge in [-0.05, 0) is 92.2 Å². The zero-order chi connectivity index (χ0) is 22.4. The average Bonchev–Trinajstić information content (AvgIpc) is 3.23. The highest BCUT2D eigenvalue weighted by Gasteiger charge is 2.53. The summed E-state index contributed by atoms with van der Waals surface area (Å²) in [6.45, 7) is 0. The first-order valence-electron chi connectivity index (χ1n) is 12.1. The molecule has 7 rings (SSSR count). The number of benzene rings is 2. The number of thioether (sulfide) groups is 1. The molecule has 1 N–H and O–H groups in total. The molecule has 4 aliphatic rings. The van der Waals surface area contributed by atoms with E-state index in [1.807, 2.05) is 48.6 Å². The Kier molecular flexibility index (Phi) is 5.33. The molecule has 1 aromatic heterocycles. The summed E-state index contributed by atoms with van der Waals surface area (Å²) < 4.78 is 5.60. The van der Waals surface area contributed by atoms with E-state index in [1.54, 1.807) is 18.9 Å². The Morgan fingerprint density at radius 2 is 1.85 bits per heavy atom. The van der Waals surface area contributed by atoms with Gasteiger partial charge in [0, 0.05) is 16.7 Å². The molecular formula is C28H30N2O2S. The maximum Gasteiger partial charge on any atom is 0.166 e. The number of allylic oxidation sites excluding steroid dienone is 1. The molecule has 0 saturated heterocycles. The molecule has 0 spiro atoms. The number of aromatic amines is 1. The number of aromatic nitrogens is 2. The van der Waals surface area contributed by atoms with Gasteiger partial charge >= 0.3 is 0 Å². The van der Waals surface area contributed by atoms with Crippen LogP contribution in [0.2, 0.25) is 0 Å². The van der Waals surface area contributed by atoms with Crippen molar-refractivity contribution in [2.75, 3.05) is 7.11 Å². The third-order valence-corrected chi connectivity index (χ3v) is 8.95. The first kappa shape index (κ1) is 21.0. The third-order valence-electron chi connectivity index (χ3n) is 8.02. The summed E-state index contributed by atoms with van der Waals surface area (Å²) in [6.07, 6.45) is 11.3. The Labute approximate surface area is 199 Å². The second-order valence-electron chi connectivity index (χ2n) is 10.3. The van der Waals surface area contributed by atoms with Crippen LogP contribution in [0.15, 0.2) is 53.7 Å². The molecule has 4 fully saturated rings. The predicted molar refractivity (Wildman–Crippen MR) is 133 cm³/mol. The van der Waals surface area contributed by atoms with Gasteiger partial charge in [-0.1, -0.05) is 36.0 Å². The zero-order valence-corrected chi connectivity index (χ0v) is 19.9. The minimum atomic E-state index is -0.0717. The molecule has 0 unspecified atom stereocenters. The first-order chi connectivity index (χ1) is 16.1. The normalized spacial score (nSPS) is 28.1. The van der Waals surface area contributed by atoms with Gasteiger partial charge in [-0.2, -0.15) is 0 Å². The number of ether oxygens (including phenoxy) is 1. The lowest BCUT2D eigenvalue weighted by molar-refractivity contribution is -0.138. The maximum atomic E-state index is 13.3. The fourth-order valence-electron chi connectivity index (χ4n) is 6.92. The molecule has 170 valence electrons. The Morgan fingerprint density at radius 3 is 2.55 bits per heavy atom. The Morgan fingerprint density at radius 1 is 1.12 bits per heavy atom. The van der Waals surface area contributed by atoms with Crippen LogP contribution in [-0.2, 0) is 10.5 Å². The van der Waals surface area contributed by atoms with E-state index in [-0.39, 0.29) is 5.41 Å². The number of hydrogen-bond acceptors (Lipinski definition) is 4. The number of carbonyl (C=O) groups excluding carboxylic acids is 1. The van der Waals surface area contributed by atoms with Gasteiger partial charge in [-0.25, -0.2) is 4.98 Å². The highest BCUT2D eigenvalue weighted by atomic mass is 32.2. The summed E-state index contributed by atoms with van der Waals surface area (Å²) in [5.74, 6) is 4.33. The molecule has 1 heterocycles. The molecule has 5 heteroatoms. The van der Waals surface area contributed by atoms with Crippen LogP contribution in [0.3, 0.4) is 0 Å². The molecule has 0 radical (unpaired) electrons. The van der Waals surface area contributed by atoms with E-state index in [1.165, 1.54) is 19.3 Å². The van der Waals surface area contributed by atoms with E-state index < -0.39 is 0 Å². The van der Waals surface area contributed by atoms with E-state index in [4.69, 9.17) is 4.74 Å². The van der Waals surface area contributed by atoms with Crippen molar-refractivity contribution in [3.63, 3.8) is 0 Å². The fourth-order valence-corrected chi connectivity index (χ4v) is 7.78. The molecule has 0 atom stereocenters. The van der Waals surface area contributed by atoms with Crippen LogP contribution in [-0.4, -0.2) is 22.9 Å². The summed E-state index contributed by atoms with van der Waals surface area (Å²) in [7, 11) is 1.71. The van der Waals surface area contributed by atoms with E-state index in [2.05, 4.69) is 16.0 Å². The van der Waals surface area contributed by atoms with Gasteiger partial charge < -0.3 is 9.72 Å². The van der Waals surface area contributed by atoms with E-state index >= 15 is 0 Å². The number of ketones is 1. The standard InChI is InChI=1S/C28H30N2O2S/c1-32-25-8-6-18(13-22(25)17-33-27-29-23-4-2-3-5-24(23)30-27)7-9-26(31)28-14-19-10-20(15-28)12-21(11-19)16-28/h2-9,13,19-21H,10-12,14-17H2,1H3,(H,29,30)/b9-7+. The van der Waals surface area contributed by atoms with Crippen LogP contribution in [0.4, 0.5) is 0 Å². The van der Waals surface area contributed by atoms with Gasteiger partial charge in [0.05, 0.1) is 18.1 Å². The van der Waals surface area contributed by atoms with Crippen LogP contribution in [0, 0.1) is 23.2 Å². The Hall–Kier alpha value is -2.53. The van der Waals surface area contributed by atoms with Crippen LogP contribution in [0.25, 0.3) is 17.1 Å². The molecule has 4 bridgehead atoms. The molecule has 4 aliphatic carbocycles. The number of fused-ring (bicyclic) bond motifs is 1. The quantitative estimate of drug-likeness (QED) is 0.318. The van der Waals surface area contributed by atoms with E-state index in [0.717, 1.165) is 75.8 Å². The van der Waals surface area contributed by atoms with Gasteiger partial charge in [0.1, 0.15) is 5.75 Å². The average molecular weight is 459 g/mol. The Bertz CT molecular complexity index is 1160. The first-order valence-corrected chi connectivity index (χ1v) is 13.1. The van der Waals surface area contributed by atoms with E-state index in [0.29, 0.717) is 5.78 Å². The lowest BCUT2D eigenvalue weighted by Crippen LogP contribution is -2.49. The van der Waals surface area contributed by atoms with Crippen molar-refractivity contribution >= 4 is 34.7 Å². The van der Waals surface area contributed by atoms with Crippen LogP contribution < -0.4 is 4.74 Å². The van der Waals surface area contributed by atoms with Gasteiger partial charge in [0.2, 0.25) is 0 Å². The summed E-state index contributed by atoms with van der Waals surface area (Å²) in [5, 5.41) is 0.899. The molecule has 4 nitrogen and oxygen atoms in total. The highest BCUT2D eigenvalue weighted by molar-refractivity contribution is 7.98. The molecule has 0 aliphatic heterocycles. The molecule has 2 aromatic carbocycles. The second kappa shape index (κ2) is 8.35. The van der Waals surface area contributed by atoms with Gasteiger partial charge in [-0.3, -0.25) is 4.79 Å². The molecule has 33 heavy (non-hydrogen) atoms. The van der Waals surface area contributed by atoms with Crippen LogP contribution in [0.5, 0.6) is 5.75 Å². The number of carbonyl (C=O) groups is 1. The highest BCUT2D eigenvalue weighted by Crippen LogP contribution is 2.60. The van der Waals surface area contributed by atoms with Gasteiger partial charge in [0.25, 0.3) is 0 Å². The summed E-state index contributed by atoms with van der Waals surface area (Å²) in [4.78, 5) is 21.4. The van der Waals surface area contributed by atoms with Crippen molar-refractivity contribution in [1.29, 1.82) is 0 Å². The van der Waals surface area contributed by atoms with Gasteiger partial charge in [0.15, 0.2) is 10.9 Å². The van der Waals surface area contributed by atoms with E-state index in [9.17, 15) is 4.79 Å². The number of imidazole rings is 1. The lowest BCUT2D eigenvalue weighted by atomic mass is 9.48. The maximum absolute atomic E-state index is 13.3. The molecule has 3 aromatic rings. The third kappa shape index (κ3) is 4.01. The van der Waals surface area contributed by atoms with Crippen molar-refractivity contribution in [3.05, 3.63) is 59.7 Å². The van der Waals surface area contributed by atoms with Crippen LogP contribution in [0.1, 0.15) is 49.7 Å². The van der Waals surface area contributed by atoms with Crippen molar-refractivity contribution in [2.24, 2.45) is 23.2 Å². The number of nitrogens with zero attached hydrogens (tertiary/aromatic N) is 1. The number of methoxy groups -OCH3 is 1. The summed E-state index contributed by atoms with van der Waals surface area (Å²) in [6, 6.07) is 14.3. The van der Waals surface area contributed by atoms with Crippen LogP contribution >= 0.6 is 11.8 Å². The zero-order valence-electron chi connectivity index (χ0n) is 19.0. The number of hydrogen-bond donors (Lipinski definition) is 1. The lowest BCUT2D eigenvalue weighted by Gasteiger charge is -2.55. The van der Waals surface area contributed by atoms with Crippen molar-refractivity contribution in [2.45, 2.75) is 49.4 Å². The van der Waals surface area contributed by atoms with Crippen molar-refractivity contribution in [1.82, 2.24) is 9.97 Å².